The molecule has 0 bridgehead atoms. The monoisotopic (exact) mass is 308 g/mol. The highest BCUT2D eigenvalue weighted by molar-refractivity contribution is 6.35. The third-order valence-corrected chi connectivity index (χ3v) is 3.49. The van der Waals surface area contributed by atoms with Crippen molar-refractivity contribution in [3.05, 3.63) is 63.9 Å². The summed E-state index contributed by atoms with van der Waals surface area (Å²) in [6, 6.07) is 11.5. The average molecular weight is 309 g/mol. The first-order valence-electron chi connectivity index (χ1n) is 6.18. The van der Waals surface area contributed by atoms with Crippen molar-refractivity contribution in [1.82, 2.24) is 9.88 Å². The van der Waals surface area contributed by atoms with Crippen LogP contribution in [0, 0.1) is 0 Å². The Kier molecular flexibility index (Phi) is 4.99. The van der Waals surface area contributed by atoms with E-state index in [0.717, 1.165) is 6.42 Å². The van der Waals surface area contributed by atoms with Crippen LogP contribution in [0.25, 0.3) is 0 Å². The maximum absolute atomic E-state index is 12.3. The number of nitrogens with zero attached hydrogens (tertiary/aromatic N) is 2. The van der Waals surface area contributed by atoms with E-state index in [0.29, 0.717) is 17.1 Å². The Hall–Kier alpha value is -1.58. The second-order valence-corrected chi connectivity index (χ2v) is 5.24. The molecule has 0 aliphatic rings. The van der Waals surface area contributed by atoms with E-state index in [1.54, 1.807) is 11.9 Å². The molecule has 2 rings (SSSR count). The van der Waals surface area contributed by atoms with Crippen molar-refractivity contribution < 1.29 is 4.79 Å². The van der Waals surface area contributed by atoms with E-state index in [-0.39, 0.29) is 11.1 Å². The average Bonchev–Trinajstić information content (AvgIpc) is 2.47. The fourth-order valence-corrected chi connectivity index (χ4v) is 2.17. The van der Waals surface area contributed by atoms with Crippen LogP contribution in [0.3, 0.4) is 0 Å². The topological polar surface area (TPSA) is 33.2 Å². The fourth-order valence-electron chi connectivity index (χ4n) is 1.83. The summed E-state index contributed by atoms with van der Waals surface area (Å²) < 4.78 is 0. The van der Waals surface area contributed by atoms with Gasteiger partial charge in [-0.1, -0.05) is 53.5 Å². The molecule has 0 aliphatic heterocycles. The zero-order valence-electron chi connectivity index (χ0n) is 11.0. The number of carbonyl (C=O) groups is 1. The second-order valence-electron chi connectivity index (χ2n) is 4.45. The molecule has 3 nitrogen and oxygen atoms in total. The summed E-state index contributed by atoms with van der Waals surface area (Å²) in [4.78, 5) is 17.8. The largest absolute Gasteiger partial charge is 0.341 e. The number of rotatable bonds is 4. The van der Waals surface area contributed by atoms with E-state index in [4.69, 9.17) is 23.2 Å². The van der Waals surface area contributed by atoms with Crippen LogP contribution in [0.1, 0.15) is 15.9 Å². The normalized spacial score (nSPS) is 10.3. The molecule has 0 aliphatic carbocycles. The summed E-state index contributed by atoms with van der Waals surface area (Å²) in [5.74, 6) is -0.157. The summed E-state index contributed by atoms with van der Waals surface area (Å²) in [7, 11) is 1.75. The van der Waals surface area contributed by atoms with E-state index >= 15 is 0 Å². The van der Waals surface area contributed by atoms with Gasteiger partial charge in [0.1, 0.15) is 5.15 Å². The molecule has 0 N–H and O–H groups in total. The van der Waals surface area contributed by atoms with Crippen molar-refractivity contribution in [2.45, 2.75) is 6.42 Å². The zero-order chi connectivity index (χ0) is 14.5. The van der Waals surface area contributed by atoms with Gasteiger partial charge in [0, 0.05) is 19.8 Å². The van der Waals surface area contributed by atoms with E-state index in [2.05, 4.69) is 4.98 Å². The van der Waals surface area contributed by atoms with Gasteiger partial charge in [-0.05, 0) is 18.1 Å². The lowest BCUT2D eigenvalue weighted by Gasteiger charge is -2.18. The van der Waals surface area contributed by atoms with Gasteiger partial charge in [0.05, 0.1) is 10.6 Å². The Bertz CT molecular complexity index is 602. The summed E-state index contributed by atoms with van der Waals surface area (Å²) >= 11 is 11.8. The smallest absolute Gasteiger partial charge is 0.255 e. The van der Waals surface area contributed by atoms with Gasteiger partial charge in [0.15, 0.2) is 0 Å². The van der Waals surface area contributed by atoms with E-state index in [1.807, 2.05) is 30.3 Å². The van der Waals surface area contributed by atoms with Crippen LogP contribution in [0.4, 0.5) is 0 Å². The molecule has 1 aromatic heterocycles. The molecule has 0 atom stereocenters. The summed E-state index contributed by atoms with van der Waals surface area (Å²) in [5, 5.41) is 0.570. The molecule has 5 heteroatoms. The van der Waals surface area contributed by atoms with Crippen LogP contribution in [0.15, 0.2) is 42.6 Å². The van der Waals surface area contributed by atoms with Gasteiger partial charge in [-0.2, -0.15) is 0 Å². The molecule has 0 spiro atoms. The quantitative estimate of drug-likeness (QED) is 0.807. The summed E-state index contributed by atoms with van der Waals surface area (Å²) in [6.07, 6.45) is 2.18. The Balaban J connectivity index is 2.03. The number of carbonyl (C=O) groups excluding carboxylic acids is 1. The van der Waals surface area contributed by atoms with Crippen molar-refractivity contribution in [2.75, 3.05) is 13.6 Å². The van der Waals surface area contributed by atoms with Gasteiger partial charge in [-0.25, -0.2) is 4.98 Å². The minimum Gasteiger partial charge on any atom is -0.341 e. The Labute approximate surface area is 128 Å². The number of aromatic nitrogens is 1. The molecule has 20 heavy (non-hydrogen) atoms. The second kappa shape index (κ2) is 6.73. The Morgan fingerprint density at radius 3 is 2.65 bits per heavy atom. The van der Waals surface area contributed by atoms with Crippen LogP contribution in [-0.2, 0) is 6.42 Å². The van der Waals surface area contributed by atoms with Gasteiger partial charge in [0.2, 0.25) is 0 Å². The number of pyridine rings is 1. The fraction of sp³-hybridized carbons (Fsp3) is 0.200. The number of hydrogen-bond donors (Lipinski definition) is 0. The van der Waals surface area contributed by atoms with Gasteiger partial charge in [0.25, 0.3) is 5.91 Å². The first-order valence-corrected chi connectivity index (χ1v) is 6.94. The van der Waals surface area contributed by atoms with Crippen molar-refractivity contribution in [2.24, 2.45) is 0 Å². The maximum Gasteiger partial charge on any atom is 0.255 e. The molecule has 104 valence electrons. The van der Waals surface area contributed by atoms with Crippen LogP contribution in [-0.4, -0.2) is 29.4 Å². The van der Waals surface area contributed by atoms with Gasteiger partial charge in [-0.3, -0.25) is 4.79 Å². The lowest BCUT2D eigenvalue weighted by molar-refractivity contribution is 0.0796. The molecule has 1 amide bonds. The molecular formula is C15H14Cl2N2O. The molecule has 0 saturated heterocycles. The van der Waals surface area contributed by atoms with Crippen LogP contribution in [0.5, 0.6) is 0 Å². The third kappa shape index (κ3) is 3.71. The predicted molar refractivity (Wildman–Crippen MR) is 81.4 cm³/mol. The number of benzene rings is 1. The first-order chi connectivity index (χ1) is 9.58. The van der Waals surface area contributed by atoms with Gasteiger partial charge < -0.3 is 4.90 Å². The van der Waals surface area contributed by atoms with Crippen LogP contribution >= 0.6 is 23.2 Å². The number of amides is 1. The molecule has 1 aromatic carbocycles. The van der Waals surface area contributed by atoms with Crippen molar-refractivity contribution >= 4 is 29.1 Å². The molecule has 0 fully saturated rings. The minimum absolute atomic E-state index is 0.157. The highest BCUT2D eigenvalue weighted by Crippen LogP contribution is 2.19. The van der Waals surface area contributed by atoms with Crippen LogP contribution < -0.4 is 0 Å². The molecule has 0 unspecified atom stereocenters. The van der Waals surface area contributed by atoms with Crippen molar-refractivity contribution in [3.63, 3.8) is 0 Å². The van der Waals surface area contributed by atoms with Gasteiger partial charge in [-0.15, -0.1) is 0 Å². The third-order valence-electron chi connectivity index (χ3n) is 2.98. The standard InChI is InChI=1S/C15H14Cl2N2O/c1-19(8-7-11-5-3-2-4-6-11)15(20)12-9-14(17)18-10-13(12)16/h2-6,9-10H,7-8H2,1H3. The predicted octanol–water partition coefficient (Wildman–Crippen LogP) is 3.70. The number of likely N-dealkylation sites (N-methyl/N-ethyl adjacent to an activating group) is 1. The summed E-state index contributed by atoms with van der Waals surface area (Å²) in [6.45, 7) is 0.610. The molecule has 0 saturated carbocycles. The van der Waals surface area contributed by atoms with Gasteiger partial charge >= 0.3 is 0 Å². The Morgan fingerprint density at radius 1 is 1.25 bits per heavy atom. The zero-order valence-corrected chi connectivity index (χ0v) is 12.5. The number of halogens is 2. The highest BCUT2D eigenvalue weighted by atomic mass is 35.5. The number of hydrogen-bond acceptors (Lipinski definition) is 2. The molecule has 2 aromatic rings. The maximum atomic E-state index is 12.3. The van der Waals surface area contributed by atoms with E-state index in [1.165, 1.54) is 17.8 Å². The highest BCUT2D eigenvalue weighted by Gasteiger charge is 2.16. The lowest BCUT2D eigenvalue weighted by atomic mass is 10.1. The minimum atomic E-state index is -0.157. The first kappa shape index (κ1) is 14.8. The molecular weight excluding hydrogens is 295 g/mol. The van der Waals surface area contributed by atoms with Crippen molar-refractivity contribution in [3.8, 4) is 0 Å². The Morgan fingerprint density at radius 2 is 1.95 bits per heavy atom. The van der Waals surface area contributed by atoms with E-state index < -0.39 is 0 Å². The van der Waals surface area contributed by atoms with Crippen LogP contribution in [0.2, 0.25) is 10.2 Å². The molecule has 1 heterocycles. The van der Waals surface area contributed by atoms with Crippen molar-refractivity contribution in [1.29, 1.82) is 0 Å². The lowest BCUT2D eigenvalue weighted by Crippen LogP contribution is -2.29. The SMILES string of the molecule is CN(CCc1ccccc1)C(=O)c1cc(Cl)ncc1Cl. The van der Waals surface area contributed by atoms with E-state index in [9.17, 15) is 4.79 Å². The summed E-state index contributed by atoms with van der Waals surface area (Å²) in [5.41, 5.74) is 1.56. The molecule has 0 radical (unpaired) electrons.